The molecule has 0 aliphatic rings. The molecule has 0 spiro atoms. The average molecular weight is 324 g/mol. The van der Waals surface area contributed by atoms with Crippen molar-refractivity contribution in [3.8, 4) is 5.75 Å². The summed E-state index contributed by atoms with van der Waals surface area (Å²) in [7, 11) is 0. The number of ketones is 1. The van der Waals surface area contributed by atoms with Crippen LogP contribution in [-0.4, -0.2) is 10.8 Å². The third-order valence-electron chi connectivity index (χ3n) is 2.99. The Balaban J connectivity index is 2.13. The SMILES string of the molecule is CC(=O)c1cc(Cl)ccc1OCc1nc(C(C)(C)C)cs1. The first-order valence-corrected chi connectivity index (χ1v) is 7.91. The van der Waals surface area contributed by atoms with E-state index in [1.807, 2.05) is 5.38 Å². The van der Waals surface area contributed by atoms with E-state index in [1.54, 1.807) is 29.5 Å². The minimum atomic E-state index is -0.0676. The van der Waals surface area contributed by atoms with E-state index in [0.29, 0.717) is 22.9 Å². The molecule has 0 amide bonds. The van der Waals surface area contributed by atoms with Crippen LogP contribution in [0.3, 0.4) is 0 Å². The average Bonchev–Trinajstić information content (AvgIpc) is 2.85. The molecular formula is C16H18ClNO2S. The Kier molecular flexibility index (Phi) is 4.69. The molecular weight excluding hydrogens is 306 g/mol. The molecule has 0 aliphatic carbocycles. The molecule has 2 aromatic rings. The quantitative estimate of drug-likeness (QED) is 0.753. The Hall–Kier alpha value is -1.39. The van der Waals surface area contributed by atoms with Crippen LogP contribution in [0.25, 0.3) is 0 Å². The molecule has 1 aromatic carbocycles. The van der Waals surface area contributed by atoms with Gasteiger partial charge < -0.3 is 4.74 Å². The van der Waals surface area contributed by atoms with Crippen molar-refractivity contribution in [3.63, 3.8) is 0 Å². The molecule has 21 heavy (non-hydrogen) atoms. The minimum absolute atomic E-state index is 0.0273. The van der Waals surface area contributed by atoms with Gasteiger partial charge in [0.05, 0.1) is 11.3 Å². The number of hydrogen-bond donors (Lipinski definition) is 0. The number of Topliss-reactive ketones (excluding diaryl/α,β-unsaturated/α-hetero) is 1. The molecule has 3 nitrogen and oxygen atoms in total. The second-order valence-electron chi connectivity index (χ2n) is 5.86. The van der Waals surface area contributed by atoms with E-state index in [1.165, 1.54) is 6.92 Å². The zero-order valence-corrected chi connectivity index (χ0v) is 14.1. The summed E-state index contributed by atoms with van der Waals surface area (Å²) in [6.45, 7) is 8.22. The molecule has 2 rings (SSSR count). The largest absolute Gasteiger partial charge is 0.486 e. The summed E-state index contributed by atoms with van der Waals surface area (Å²) < 4.78 is 5.73. The van der Waals surface area contributed by atoms with Crippen LogP contribution < -0.4 is 4.74 Å². The van der Waals surface area contributed by atoms with Gasteiger partial charge in [0.25, 0.3) is 0 Å². The van der Waals surface area contributed by atoms with Crippen LogP contribution >= 0.6 is 22.9 Å². The maximum absolute atomic E-state index is 11.6. The first kappa shape index (κ1) is 16.0. The summed E-state index contributed by atoms with van der Waals surface area (Å²) in [4.78, 5) is 16.2. The first-order valence-electron chi connectivity index (χ1n) is 6.65. The number of rotatable bonds is 4. The number of hydrogen-bond acceptors (Lipinski definition) is 4. The first-order chi connectivity index (χ1) is 9.77. The third kappa shape index (κ3) is 4.05. The summed E-state index contributed by atoms with van der Waals surface area (Å²) in [5.74, 6) is 0.474. The van der Waals surface area contributed by atoms with Crippen molar-refractivity contribution in [2.24, 2.45) is 0 Å². The maximum atomic E-state index is 11.6. The van der Waals surface area contributed by atoms with Crippen molar-refractivity contribution in [1.29, 1.82) is 0 Å². The van der Waals surface area contributed by atoms with E-state index in [4.69, 9.17) is 16.3 Å². The Morgan fingerprint density at radius 3 is 2.67 bits per heavy atom. The predicted molar refractivity (Wildman–Crippen MR) is 86.6 cm³/mol. The molecule has 0 saturated heterocycles. The van der Waals surface area contributed by atoms with Gasteiger partial charge >= 0.3 is 0 Å². The van der Waals surface area contributed by atoms with Gasteiger partial charge in [-0.1, -0.05) is 32.4 Å². The van der Waals surface area contributed by atoms with Crippen LogP contribution in [0.1, 0.15) is 48.8 Å². The smallest absolute Gasteiger partial charge is 0.163 e. The number of carbonyl (C=O) groups excluding carboxylic acids is 1. The van der Waals surface area contributed by atoms with E-state index < -0.39 is 0 Å². The second-order valence-corrected chi connectivity index (χ2v) is 7.24. The van der Waals surface area contributed by atoms with E-state index in [2.05, 4.69) is 25.8 Å². The zero-order valence-electron chi connectivity index (χ0n) is 12.6. The Labute approximate surface area is 133 Å². The number of halogens is 1. The fraction of sp³-hybridized carbons (Fsp3) is 0.375. The Morgan fingerprint density at radius 2 is 2.10 bits per heavy atom. The van der Waals surface area contributed by atoms with Crippen LogP contribution in [0, 0.1) is 0 Å². The molecule has 0 N–H and O–H groups in total. The van der Waals surface area contributed by atoms with Gasteiger partial charge in [-0.3, -0.25) is 4.79 Å². The van der Waals surface area contributed by atoms with Crippen LogP contribution in [-0.2, 0) is 12.0 Å². The van der Waals surface area contributed by atoms with E-state index >= 15 is 0 Å². The van der Waals surface area contributed by atoms with Crippen molar-refractivity contribution in [2.75, 3.05) is 0 Å². The molecule has 0 aliphatic heterocycles. The predicted octanol–water partition coefficient (Wildman–Crippen LogP) is 4.88. The van der Waals surface area contributed by atoms with Gasteiger partial charge in [-0.05, 0) is 25.1 Å². The number of nitrogens with zero attached hydrogens (tertiary/aromatic N) is 1. The van der Waals surface area contributed by atoms with Crippen LogP contribution in [0.4, 0.5) is 0 Å². The van der Waals surface area contributed by atoms with Gasteiger partial charge in [-0.2, -0.15) is 0 Å². The number of carbonyl (C=O) groups is 1. The fourth-order valence-electron chi connectivity index (χ4n) is 1.76. The van der Waals surface area contributed by atoms with Crippen LogP contribution in [0.15, 0.2) is 23.6 Å². The third-order valence-corrected chi connectivity index (χ3v) is 4.05. The van der Waals surface area contributed by atoms with Gasteiger partial charge in [0.1, 0.15) is 17.4 Å². The highest BCUT2D eigenvalue weighted by Crippen LogP contribution is 2.27. The number of aromatic nitrogens is 1. The lowest BCUT2D eigenvalue weighted by Gasteiger charge is -2.14. The molecule has 0 atom stereocenters. The van der Waals surface area contributed by atoms with Crippen molar-refractivity contribution < 1.29 is 9.53 Å². The molecule has 0 bridgehead atoms. The molecule has 0 saturated carbocycles. The molecule has 1 heterocycles. The van der Waals surface area contributed by atoms with Crippen molar-refractivity contribution in [3.05, 3.63) is 44.9 Å². The number of benzene rings is 1. The van der Waals surface area contributed by atoms with Gasteiger partial charge in [0, 0.05) is 15.8 Å². The monoisotopic (exact) mass is 323 g/mol. The molecule has 1 aromatic heterocycles. The summed E-state index contributed by atoms with van der Waals surface area (Å²) >= 11 is 7.48. The van der Waals surface area contributed by atoms with Crippen molar-refractivity contribution >= 4 is 28.7 Å². The Bertz CT molecular complexity index is 659. The summed E-state index contributed by atoms with van der Waals surface area (Å²) in [5, 5.41) is 3.47. The maximum Gasteiger partial charge on any atom is 0.163 e. The van der Waals surface area contributed by atoms with E-state index in [-0.39, 0.29) is 11.2 Å². The van der Waals surface area contributed by atoms with E-state index in [0.717, 1.165) is 10.7 Å². The number of ether oxygens (including phenoxy) is 1. The zero-order chi connectivity index (χ0) is 15.6. The molecule has 0 radical (unpaired) electrons. The van der Waals surface area contributed by atoms with Gasteiger partial charge in [-0.15, -0.1) is 11.3 Å². The summed E-state index contributed by atoms with van der Waals surface area (Å²) in [6.07, 6.45) is 0. The lowest BCUT2D eigenvalue weighted by Crippen LogP contribution is -2.11. The van der Waals surface area contributed by atoms with Crippen LogP contribution in [0.2, 0.25) is 5.02 Å². The normalized spacial score (nSPS) is 11.5. The lowest BCUT2D eigenvalue weighted by molar-refractivity contribution is 0.101. The summed E-state index contributed by atoms with van der Waals surface area (Å²) in [6, 6.07) is 5.06. The second kappa shape index (κ2) is 6.16. The minimum Gasteiger partial charge on any atom is -0.486 e. The highest BCUT2D eigenvalue weighted by molar-refractivity contribution is 7.09. The summed E-state index contributed by atoms with van der Waals surface area (Å²) in [5.41, 5.74) is 1.57. The molecule has 0 fully saturated rings. The van der Waals surface area contributed by atoms with Crippen molar-refractivity contribution in [1.82, 2.24) is 4.98 Å². The highest BCUT2D eigenvalue weighted by atomic mass is 35.5. The topological polar surface area (TPSA) is 39.2 Å². The highest BCUT2D eigenvalue weighted by Gasteiger charge is 2.18. The van der Waals surface area contributed by atoms with Gasteiger partial charge in [0.2, 0.25) is 0 Å². The standard InChI is InChI=1S/C16H18ClNO2S/c1-10(19)12-7-11(17)5-6-13(12)20-8-15-18-14(9-21-15)16(2,3)4/h5-7,9H,8H2,1-4H3. The van der Waals surface area contributed by atoms with Crippen LogP contribution in [0.5, 0.6) is 5.75 Å². The molecule has 112 valence electrons. The molecule has 0 unspecified atom stereocenters. The lowest BCUT2D eigenvalue weighted by atomic mass is 9.93. The van der Waals surface area contributed by atoms with Gasteiger partial charge in [0.15, 0.2) is 5.78 Å². The number of thiazole rings is 1. The molecule has 5 heteroatoms. The van der Waals surface area contributed by atoms with Crippen molar-refractivity contribution in [2.45, 2.75) is 39.7 Å². The van der Waals surface area contributed by atoms with Gasteiger partial charge in [-0.25, -0.2) is 4.98 Å². The van der Waals surface area contributed by atoms with E-state index in [9.17, 15) is 4.79 Å². The fourth-order valence-corrected chi connectivity index (χ4v) is 2.87. The Morgan fingerprint density at radius 1 is 1.38 bits per heavy atom.